The number of nitrogens with one attached hydrogen (secondary N) is 1. The highest BCUT2D eigenvalue weighted by molar-refractivity contribution is 9.10. The monoisotopic (exact) mass is 387 g/mol. The molecule has 1 aromatic carbocycles. The normalized spacial score (nSPS) is 12.3. The van der Waals surface area contributed by atoms with E-state index in [0.29, 0.717) is 0 Å². The number of nitrogens with zero attached hydrogens (tertiary/aromatic N) is 2. The van der Waals surface area contributed by atoms with Gasteiger partial charge in [-0.1, -0.05) is 6.07 Å². The number of carbonyl (C=O) groups excluding carboxylic acids is 1. The number of anilines is 1. The van der Waals surface area contributed by atoms with Crippen LogP contribution < -0.4 is 10.1 Å². The topological polar surface area (TPSA) is 56.1 Å². The number of carbonyl (C=O) groups is 1. The second-order valence-electron chi connectivity index (χ2n) is 5.07. The fourth-order valence-electron chi connectivity index (χ4n) is 2.08. The van der Waals surface area contributed by atoms with E-state index < -0.39 is 12.7 Å². The quantitative estimate of drug-likeness (QED) is 0.841. The van der Waals surface area contributed by atoms with Gasteiger partial charge in [0, 0.05) is 0 Å². The maximum absolute atomic E-state index is 12.5. The van der Waals surface area contributed by atoms with E-state index in [-0.39, 0.29) is 17.3 Å². The molecule has 2 rings (SSSR count). The first kappa shape index (κ1) is 17.4. The first-order chi connectivity index (χ1) is 10.8. The van der Waals surface area contributed by atoms with Crippen LogP contribution in [0.15, 0.2) is 28.9 Å². The van der Waals surface area contributed by atoms with Gasteiger partial charge >= 0.3 is 6.61 Å². The van der Waals surface area contributed by atoms with Gasteiger partial charge in [0.1, 0.15) is 11.8 Å². The summed E-state index contributed by atoms with van der Waals surface area (Å²) in [5, 5.41) is 6.74. The van der Waals surface area contributed by atoms with Gasteiger partial charge in [-0.15, -0.1) is 0 Å². The Bertz CT molecular complexity index is 719. The predicted molar refractivity (Wildman–Crippen MR) is 85.8 cm³/mol. The number of hydrogen-bond acceptors (Lipinski definition) is 3. The largest absolute Gasteiger partial charge is 0.433 e. The van der Waals surface area contributed by atoms with E-state index in [1.54, 1.807) is 36.9 Å². The number of hydrogen-bond donors (Lipinski definition) is 1. The number of aryl methyl sites for hydroxylation is 1. The molecular formula is C15H16BrF2N3O2. The first-order valence-electron chi connectivity index (χ1n) is 6.85. The summed E-state index contributed by atoms with van der Waals surface area (Å²) >= 11 is 3.33. The van der Waals surface area contributed by atoms with Gasteiger partial charge in [0.15, 0.2) is 0 Å². The van der Waals surface area contributed by atoms with E-state index in [1.165, 1.54) is 6.07 Å². The molecule has 0 aliphatic rings. The minimum absolute atomic E-state index is 0.0792. The van der Waals surface area contributed by atoms with Gasteiger partial charge in [-0.3, -0.25) is 9.48 Å². The van der Waals surface area contributed by atoms with Gasteiger partial charge in [-0.25, -0.2) is 0 Å². The van der Waals surface area contributed by atoms with Gasteiger partial charge in [0.25, 0.3) is 0 Å². The molecule has 5 nitrogen and oxygen atoms in total. The molecule has 0 aliphatic carbocycles. The number of aromatic nitrogens is 2. The molecule has 0 spiro atoms. The third-order valence-electron chi connectivity index (χ3n) is 3.34. The molecule has 0 saturated heterocycles. The van der Waals surface area contributed by atoms with Crippen LogP contribution in [0.4, 0.5) is 14.5 Å². The summed E-state index contributed by atoms with van der Waals surface area (Å²) in [6.07, 6.45) is 1.59. The van der Waals surface area contributed by atoms with Gasteiger partial charge in [0.05, 0.1) is 22.1 Å². The average Bonchev–Trinajstić information content (AvgIpc) is 2.80. The molecule has 0 radical (unpaired) electrons. The van der Waals surface area contributed by atoms with Crippen LogP contribution in [0, 0.1) is 13.8 Å². The molecule has 0 fully saturated rings. The Labute approximate surface area is 140 Å². The van der Waals surface area contributed by atoms with E-state index in [4.69, 9.17) is 0 Å². The van der Waals surface area contributed by atoms with Crippen molar-refractivity contribution in [2.75, 3.05) is 5.32 Å². The summed E-state index contributed by atoms with van der Waals surface area (Å²) in [4.78, 5) is 12.4. The summed E-state index contributed by atoms with van der Waals surface area (Å²) in [5.41, 5.74) is 1.81. The molecule has 0 saturated carbocycles. The van der Waals surface area contributed by atoms with Crippen molar-refractivity contribution in [2.24, 2.45) is 0 Å². The van der Waals surface area contributed by atoms with Crippen LogP contribution in [-0.2, 0) is 4.79 Å². The summed E-state index contributed by atoms with van der Waals surface area (Å²) in [7, 11) is 0. The van der Waals surface area contributed by atoms with Crippen molar-refractivity contribution in [3.8, 4) is 5.75 Å². The summed E-state index contributed by atoms with van der Waals surface area (Å²) in [5.74, 6) is -0.460. The van der Waals surface area contributed by atoms with E-state index in [1.807, 2.05) is 6.92 Å². The summed E-state index contributed by atoms with van der Waals surface area (Å²) in [6.45, 7) is 2.32. The predicted octanol–water partition coefficient (Wildman–Crippen LogP) is 4.06. The highest BCUT2D eigenvalue weighted by Crippen LogP contribution is 2.28. The Morgan fingerprint density at radius 2 is 2.09 bits per heavy atom. The fraction of sp³-hybridized carbons (Fsp3) is 0.333. The van der Waals surface area contributed by atoms with E-state index in [0.717, 1.165) is 15.7 Å². The minimum Gasteiger partial charge on any atom is -0.433 e. The van der Waals surface area contributed by atoms with Gasteiger partial charge in [-0.05, 0) is 54.4 Å². The van der Waals surface area contributed by atoms with Crippen LogP contribution in [0.25, 0.3) is 0 Å². The Kier molecular flexibility index (Phi) is 5.35. The molecule has 124 valence electrons. The Morgan fingerprint density at radius 1 is 1.39 bits per heavy atom. The lowest BCUT2D eigenvalue weighted by atomic mass is 10.2. The lowest BCUT2D eigenvalue weighted by Crippen LogP contribution is -2.25. The Hall–Kier alpha value is -1.96. The molecule has 23 heavy (non-hydrogen) atoms. The number of benzene rings is 1. The van der Waals surface area contributed by atoms with Crippen LogP contribution in [0.5, 0.6) is 5.75 Å². The standard InChI is InChI=1S/C15H16BrF2N3O2/c1-8-4-5-13(23-15(17)18)12(6-8)20-14(22)10(3)21-9(2)11(16)7-19-21/h4-7,10,15H,1-3H3,(H,20,22). The van der Waals surface area contributed by atoms with Crippen LogP contribution in [0.1, 0.15) is 24.2 Å². The first-order valence-corrected chi connectivity index (χ1v) is 7.65. The average molecular weight is 388 g/mol. The minimum atomic E-state index is -2.96. The van der Waals surface area contributed by atoms with E-state index in [2.05, 4.69) is 31.1 Å². The zero-order valence-electron chi connectivity index (χ0n) is 12.8. The maximum atomic E-state index is 12.5. The van der Waals surface area contributed by atoms with Crippen molar-refractivity contribution in [3.63, 3.8) is 0 Å². The second-order valence-corrected chi connectivity index (χ2v) is 5.92. The lowest BCUT2D eigenvalue weighted by Gasteiger charge is -2.17. The van der Waals surface area contributed by atoms with Crippen LogP contribution in [0.3, 0.4) is 0 Å². The summed E-state index contributed by atoms with van der Waals surface area (Å²) < 4.78 is 31.7. The van der Waals surface area contributed by atoms with Crippen molar-refractivity contribution in [1.82, 2.24) is 9.78 Å². The maximum Gasteiger partial charge on any atom is 0.387 e. The van der Waals surface area contributed by atoms with Crippen molar-refractivity contribution in [2.45, 2.75) is 33.4 Å². The molecule has 0 aliphatic heterocycles. The molecule has 2 aromatic rings. The molecule has 8 heteroatoms. The fourth-order valence-corrected chi connectivity index (χ4v) is 2.35. The number of ether oxygens (including phenoxy) is 1. The van der Waals surface area contributed by atoms with E-state index in [9.17, 15) is 13.6 Å². The van der Waals surface area contributed by atoms with Gasteiger partial charge in [-0.2, -0.15) is 13.9 Å². The molecular weight excluding hydrogens is 372 g/mol. The van der Waals surface area contributed by atoms with Crippen molar-refractivity contribution < 1.29 is 18.3 Å². The molecule has 1 N–H and O–H groups in total. The van der Waals surface area contributed by atoms with E-state index >= 15 is 0 Å². The molecule has 1 amide bonds. The second kappa shape index (κ2) is 7.08. The third-order valence-corrected chi connectivity index (χ3v) is 4.12. The number of rotatable bonds is 5. The molecule has 1 atom stereocenters. The number of alkyl halides is 2. The van der Waals surface area contributed by atoms with Crippen molar-refractivity contribution >= 4 is 27.5 Å². The number of amides is 1. The Balaban J connectivity index is 2.22. The van der Waals surface area contributed by atoms with Crippen LogP contribution in [-0.4, -0.2) is 22.3 Å². The highest BCUT2D eigenvalue weighted by Gasteiger charge is 2.20. The highest BCUT2D eigenvalue weighted by atomic mass is 79.9. The molecule has 1 unspecified atom stereocenters. The van der Waals surface area contributed by atoms with Crippen LogP contribution in [0.2, 0.25) is 0 Å². The van der Waals surface area contributed by atoms with Crippen molar-refractivity contribution in [3.05, 3.63) is 40.1 Å². The van der Waals surface area contributed by atoms with Gasteiger partial charge < -0.3 is 10.1 Å². The zero-order valence-corrected chi connectivity index (χ0v) is 14.4. The SMILES string of the molecule is Cc1ccc(OC(F)F)c(NC(=O)C(C)n2ncc(Br)c2C)c1. The van der Waals surface area contributed by atoms with Crippen LogP contribution >= 0.6 is 15.9 Å². The lowest BCUT2D eigenvalue weighted by molar-refractivity contribution is -0.119. The van der Waals surface area contributed by atoms with Crippen molar-refractivity contribution in [1.29, 1.82) is 0 Å². The molecule has 0 bridgehead atoms. The molecule has 1 aromatic heterocycles. The molecule has 1 heterocycles. The number of halogens is 3. The zero-order chi connectivity index (χ0) is 17.1. The third kappa shape index (κ3) is 4.07. The Morgan fingerprint density at radius 3 is 2.65 bits per heavy atom. The summed E-state index contributed by atoms with van der Waals surface area (Å²) in [6, 6.07) is 4.00. The smallest absolute Gasteiger partial charge is 0.387 e. The van der Waals surface area contributed by atoms with Gasteiger partial charge in [0.2, 0.25) is 5.91 Å².